The molecule has 9 heteroatoms. The number of aliphatic hydroxyl groups is 1. The van der Waals surface area contributed by atoms with E-state index in [0.29, 0.717) is 23.9 Å². The van der Waals surface area contributed by atoms with Crippen LogP contribution in [-0.4, -0.2) is 73.4 Å². The Morgan fingerprint density at radius 3 is 1.33 bits per heavy atom. The summed E-state index contributed by atoms with van der Waals surface area (Å²) in [5.74, 6) is -0.149. The third-order valence-corrected chi connectivity index (χ3v) is 13.0. The molecule has 0 fully saturated rings. The zero-order valence-corrected chi connectivity index (χ0v) is 44.6. The molecule has 0 radical (unpaired) electrons. The molecule has 1 amide bonds. The van der Waals surface area contributed by atoms with Crippen molar-refractivity contribution >= 4 is 13.7 Å². The van der Waals surface area contributed by atoms with Crippen LogP contribution in [-0.2, 0) is 18.4 Å². The Labute approximate surface area is 408 Å². The molecule has 384 valence electrons. The van der Waals surface area contributed by atoms with Gasteiger partial charge in [-0.15, -0.1) is 0 Å². The van der Waals surface area contributed by atoms with E-state index >= 15 is 0 Å². The van der Waals surface area contributed by atoms with Crippen molar-refractivity contribution in [2.75, 3.05) is 40.9 Å². The Morgan fingerprint density at radius 1 is 0.530 bits per heavy atom. The summed E-state index contributed by atoms with van der Waals surface area (Å²) < 4.78 is 23.7. The van der Waals surface area contributed by atoms with Gasteiger partial charge in [-0.3, -0.25) is 13.8 Å². The van der Waals surface area contributed by atoms with Gasteiger partial charge < -0.3 is 19.8 Å². The fraction of sp³-hybridized carbons (Fsp3) is 0.772. The van der Waals surface area contributed by atoms with E-state index in [-0.39, 0.29) is 19.1 Å². The fourth-order valence-corrected chi connectivity index (χ4v) is 8.43. The molecule has 0 spiro atoms. The van der Waals surface area contributed by atoms with Gasteiger partial charge in [-0.1, -0.05) is 234 Å². The second kappa shape index (κ2) is 48.0. The number of nitrogens with zero attached hydrogens (tertiary/aromatic N) is 1. The summed E-state index contributed by atoms with van der Waals surface area (Å²) in [5, 5.41) is 14.0. The SMILES string of the molecule is CC/C=C\C/C=C\C/C=C\C/C=C\C/C=C\C/C=C\CCCCCCCCCCCCCCC(=O)NC(COP(=O)(O)OCC[N+](C)(C)C)C(O)CCCCCCCCCCCCCCC. The van der Waals surface area contributed by atoms with E-state index in [1.54, 1.807) is 0 Å². The normalized spacial score (nSPS) is 14.6. The van der Waals surface area contributed by atoms with Crippen LogP contribution in [0.4, 0.5) is 0 Å². The number of hydrogen-bond donors (Lipinski definition) is 3. The van der Waals surface area contributed by atoms with Crippen molar-refractivity contribution in [1.29, 1.82) is 0 Å². The molecule has 0 bridgehead atoms. The number of quaternary nitrogens is 1. The highest BCUT2D eigenvalue weighted by Gasteiger charge is 2.28. The minimum absolute atomic E-state index is 0.0721. The summed E-state index contributed by atoms with van der Waals surface area (Å²) in [5.41, 5.74) is 0. The van der Waals surface area contributed by atoms with Crippen LogP contribution in [0, 0.1) is 0 Å². The van der Waals surface area contributed by atoms with Gasteiger partial charge in [0, 0.05) is 6.42 Å². The molecule has 3 atom stereocenters. The van der Waals surface area contributed by atoms with Gasteiger partial charge in [-0.05, 0) is 64.2 Å². The number of allylic oxidation sites excluding steroid dienone is 12. The van der Waals surface area contributed by atoms with E-state index in [1.165, 1.54) is 128 Å². The van der Waals surface area contributed by atoms with Crippen molar-refractivity contribution in [3.63, 3.8) is 0 Å². The van der Waals surface area contributed by atoms with E-state index < -0.39 is 20.0 Å². The number of phosphoric acid groups is 1. The summed E-state index contributed by atoms with van der Waals surface area (Å²) in [7, 11) is 1.61. The highest BCUT2D eigenvalue weighted by molar-refractivity contribution is 7.47. The molecular formula is C57H106N2O6P+. The van der Waals surface area contributed by atoms with Gasteiger partial charge in [0.25, 0.3) is 0 Å². The number of hydrogen-bond acceptors (Lipinski definition) is 5. The second-order valence-corrected chi connectivity index (χ2v) is 21.0. The molecule has 0 aliphatic carbocycles. The molecule has 0 heterocycles. The largest absolute Gasteiger partial charge is 0.472 e. The van der Waals surface area contributed by atoms with Crippen LogP contribution in [0.5, 0.6) is 0 Å². The third-order valence-electron chi connectivity index (χ3n) is 12.0. The first-order chi connectivity index (χ1) is 32.0. The number of unbranched alkanes of at least 4 members (excludes halogenated alkanes) is 24. The maximum absolute atomic E-state index is 13.0. The van der Waals surface area contributed by atoms with E-state index in [1.807, 2.05) is 21.1 Å². The van der Waals surface area contributed by atoms with Gasteiger partial charge in [-0.25, -0.2) is 4.57 Å². The van der Waals surface area contributed by atoms with Crippen LogP contribution in [0.25, 0.3) is 0 Å². The van der Waals surface area contributed by atoms with Crippen LogP contribution < -0.4 is 5.32 Å². The lowest BCUT2D eigenvalue weighted by Gasteiger charge is -2.26. The van der Waals surface area contributed by atoms with Crippen molar-refractivity contribution in [1.82, 2.24) is 5.32 Å². The van der Waals surface area contributed by atoms with E-state index in [4.69, 9.17) is 9.05 Å². The smallest absolute Gasteiger partial charge is 0.391 e. The summed E-state index contributed by atoms with van der Waals surface area (Å²) in [6.45, 7) is 4.77. The summed E-state index contributed by atoms with van der Waals surface area (Å²) in [4.78, 5) is 23.3. The lowest BCUT2D eigenvalue weighted by molar-refractivity contribution is -0.870. The molecule has 0 aliphatic heterocycles. The topological polar surface area (TPSA) is 105 Å². The monoisotopic (exact) mass is 946 g/mol. The molecule has 0 aromatic carbocycles. The first kappa shape index (κ1) is 63.9. The van der Waals surface area contributed by atoms with Gasteiger partial charge in [0.2, 0.25) is 5.91 Å². The summed E-state index contributed by atoms with van der Waals surface area (Å²) in [6, 6.07) is -0.764. The Balaban J connectivity index is 4.11. The van der Waals surface area contributed by atoms with Crippen LogP contribution in [0.1, 0.15) is 232 Å². The van der Waals surface area contributed by atoms with Crippen molar-refractivity contribution < 1.29 is 32.9 Å². The van der Waals surface area contributed by atoms with Gasteiger partial charge in [0.15, 0.2) is 0 Å². The van der Waals surface area contributed by atoms with Gasteiger partial charge in [-0.2, -0.15) is 0 Å². The number of phosphoric ester groups is 1. The standard InChI is InChI=1S/C57H105N2O6P/c1-6-8-10-12-14-16-18-20-21-22-23-24-25-26-27-28-29-30-31-32-33-34-35-36-37-39-41-43-45-47-49-51-57(61)58-55(54-65-66(62,63)64-53-52-59(3,4)5)56(60)50-48-46-44-42-40-38-19-17-15-13-11-9-7-2/h8,10,14,16,20-21,23-24,26-27,29-30,55-56,60H,6-7,9,11-13,15,17-19,22,25,28,31-54H2,1-5H3,(H-,58,61,62,63)/p+1/b10-8-,16-14-,21-20-,24-23-,27-26-,30-29-. The van der Waals surface area contributed by atoms with Crippen molar-refractivity contribution in [2.24, 2.45) is 0 Å². The molecule has 8 nitrogen and oxygen atoms in total. The number of likely N-dealkylation sites (N-methyl/N-ethyl adjacent to an activating group) is 1. The molecule has 3 N–H and O–H groups in total. The average molecular weight is 946 g/mol. The van der Waals surface area contributed by atoms with Gasteiger partial charge in [0.05, 0.1) is 39.9 Å². The van der Waals surface area contributed by atoms with Crippen LogP contribution in [0.3, 0.4) is 0 Å². The zero-order valence-electron chi connectivity index (χ0n) is 43.7. The number of amides is 1. The van der Waals surface area contributed by atoms with Crippen LogP contribution >= 0.6 is 7.82 Å². The third kappa shape index (κ3) is 49.8. The number of rotatable bonds is 49. The minimum Gasteiger partial charge on any atom is -0.391 e. The minimum atomic E-state index is -4.32. The highest BCUT2D eigenvalue weighted by atomic mass is 31.2. The molecule has 0 rings (SSSR count). The predicted octanol–water partition coefficient (Wildman–Crippen LogP) is 16.3. The van der Waals surface area contributed by atoms with E-state index in [0.717, 1.165) is 77.0 Å². The van der Waals surface area contributed by atoms with Crippen LogP contribution in [0.2, 0.25) is 0 Å². The Bertz CT molecular complexity index is 1300. The van der Waals surface area contributed by atoms with Gasteiger partial charge in [0.1, 0.15) is 13.2 Å². The molecule has 0 saturated heterocycles. The number of nitrogens with one attached hydrogen (secondary N) is 1. The molecule has 0 aliphatic rings. The average Bonchev–Trinajstić information content (AvgIpc) is 3.28. The zero-order chi connectivity index (χ0) is 48.5. The molecule has 0 aromatic heterocycles. The molecular weight excluding hydrogens is 840 g/mol. The fourth-order valence-electron chi connectivity index (χ4n) is 7.70. The van der Waals surface area contributed by atoms with Crippen molar-refractivity contribution in [3.8, 4) is 0 Å². The van der Waals surface area contributed by atoms with Crippen molar-refractivity contribution in [3.05, 3.63) is 72.9 Å². The van der Waals surface area contributed by atoms with Crippen molar-refractivity contribution in [2.45, 2.75) is 244 Å². The first-order valence-corrected chi connectivity index (χ1v) is 28.8. The predicted molar refractivity (Wildman–Crippen MR) is 286 cm³/mol. The maximum atomic E-state index is 13.0. The quantitative estimate of drug-likeness (QED) is 0.0243. The number of aliphatic hydroxyl groups excluding tert-OH is 1. The highest BCUT2D eigenvalue weighted by Crippen LogP contribution is 2.43. The molecule has 0 saturated carbocycles. The summed E-state index contributed by atoms with van der Waals surface area (Å²) in [6.07, 6.45) is 65.2. The Kier molecular flexibility index (Phi) is 46.5. The molecule has 0 aromatic rings. The van der Waals surface area contributed by atoms with Crippen LogP contribution in [0.15, 0.2) is 72.9 Å². The number of carbonyl (C=O) groups is 1. The second-order valence-electron chi connectivity index (χ2n) is 19.6. The van der Waals surface area contributed by atoms with Gasteiger partial charge >= 0.3 is 7.82 Å². The lowest BCUT2D eigenvalue weighted by Crippen LogP contribution is -2.46. The van der Waals surface area contributed by atoms with E-state index in [9.17, 15) is 19.4 Å². The molecule has 3 unspecified atom stereocenters. The lowest BCUT2D eigenvalue weighted by atomic mass is 10.0. The summed E-state index contributed by atoms with van der Waals surface area (Å²) >= 11 is 0. The maximum Gasteiger partial charge on any atom is 0.472 e. The first-order valence-electron chi connectivity index (χ1n) is 27.3. The van der Waals surface area contributed by atoms with E-state index in [2.05, 4.69) is 92.1 Å². The molecule has 66 heavy (non-hydrogen) atoms. The Morgan fingerprint density at radius 2 is 0.909 bits per heavy atom. The number of carbonyl (C=O) groups excluding carboxylic acids is 1. The Hall–Kier alpha value is -2.06.